The molecule has 0 saturated heterocycles. The maximum absolute atomic E-state index is 12.9. The number of urea groups is 1. The van der Waals surface area contributed by atoms with Crippen molar-refractivity contribution in [3.8, 4) is 17.1 Å². The number of ether oxygens (including phenoxy) is 1. The Morgan fingerprint density at radius 2 is 2.16 bits per heavy atom. The van der Waals surface area contributed by atoms with Crippen LogP contribution in [0.1, 0.15) is 51.1 Å². The molecule has 1 N–H and O–H groups in total. The minimum absolute atomic E-state index is 0.00135. The number of hydrogen-bond acceptors (Lipinski definition) is 4. The van der Waals surface area contributed by atoms with Gasteiger partial charge in [-0.15, -0.1) is 0 Å². The van der Waals surface area contributed by atoms with Crippen LogP contribution < -0.4 is 10.1 Å². The third-order valence-corrected chi connectivity index (χ3v) is 6.68. The average molecular weight is 420 g/mol. The summed E-state index contributed by atoms with van der Waals surface area (Å²) in [4.78, 5) is 24.1. The molecule has 6 bridgehead atoms. The second-order valence-corrected chi connectivity index (χ2v) is 8.62. The molecule has 1 saturated carbocycles. The Hall–Kier alpha value is -3.09. The number of rotatable bonds is 1. The fourth-order valence-corrected chi connectivity index (χ4v) is 4.89. The van der Waals surface area contributed by atoms with Crippen molar-refractivity contribution in [2.75, 3.05) is 13.1 Å². The number of nitrogens with one attached hydrogen (secondary N) is 1. The maximum atomic E-state index is 12.9. The summed E-state index contributed by atoms with van der Waals surface area (Å²) >= 11 is 0. The zero-order valence-corrected chi connectivity index (χ0v) is 18.1. The van der Waals surface area contributed by atoms with Gasteiger partial charge in [-0.25, -0.2) is 14.8 Å². The molecule has 0 radical (unpaired) electrons. The molecule has 3 aromatic rings. The summed E-state index contributed by atoms with van der Waals surface area (Å²) in [5.74, 6) is 1.15. The minimum atomic E-state index is -0.0404. The highest BCUT2D eigenvalue weighted by atomic mass is 16.5. The number of carbonyl (C=O) groups excluding carboxylic acids is 1. The zero-order valence-electron chi connectivity index (χ0n) is 18.1. The van der Waals surface area contributed by atoms with Gasteiger partial charge in [-0.2, -0.15) is 0 Å². The normalized spacial score (nSPS) is 24.1. The molecule has 1 aliphatic carbocycles. The van der Waals surface area contributed by atoms with E-state index >= 15 is 0 Å². The molecule has 1 aromatic carbocycles. The molecule has 1 unspecified atom stereocenters. The highest BCUT2D eigenvalue weighted by Gasteiger charge is 2.28. The smallest absolute Gasteiger partial charge is 0.317 e. The lowest BCUT2D eigenvalue weighted by atomic mass is 10.0. The van der Waals surface area contributed by atoms with Crippen LogP contribution in [-0.2, 0) is 0 Å². The van der Waals surface area contributed by atoms with Crippen molar-refractivity contribution in [2.24, 2.45) is 5.92 Å². The molecule has 31 heavy (non-hydrogen) atoms. The molecule has 5 rings (SSSR count). The van der Waals surface area contributed by atoms with Crippen LogP contribution in [0.5, 0.6) is 5.88 Å². The van der Waals surface area contributed by atoms with Crippen molar-refractivity contribution in [3.05, 3.63) is 48.4 Å². The van der Waals surface area contributed by atoms with Crippen LogP contribution in [0.15, 0.2) is 42.9 Å². The zero-order chi connectivity index (χ0) is 21.4. The SMILES string of the molecule is CCN1C(=O)NCC[C@H]2CCC(C2)Oc2nc(cn3ccnc23)-c2cccc(c2)[C@H]1C. The first-order chi connectivity index (χ1) is 15.1. The van der Waals surface area contributed by atoms with Gasteiger partial charge in [0.25, 0.3) is 5.88 Å². The van der Waals surface area contributed by atoms with Crippen molar-refractivity contribution in [3.63, 3.8) is 0 Å². The highest BCUT2D eigenvalue weighted by molar-refractivity contribution is 5.75. The van der Waals surface area contributed by atoms with Crippen LogP contribution in [0.25, 0.3) is 16.9 Å². The van der Waals surface area contributed by atoms with Gasteiger partial charge in [0.15, 0.2) is 0 Å². The molecule has 2 amide bonds. The largest absolute Gasteiger partial charge is 0.472 e. The highest BCUT2D eigenvalue weighted by Crippen LogP contribution is 2.33. The first-order valence-electron chi connectivity index (χ1n) is 11.3. The summed E-state index contributed by atoms with van der Waals surface area (Å²) in [6, 6.07) is 8.22. The third-order valence-electron chi connectivity index (χ3n) is 6.68. The van der Waals surface area contributed by atoms with E-state index in [1.165, 1.54) is 0 Å². The van der Waals surface area contributed by atoms with Crippen molar-refractivity contribution in [1.29, 1.82) is 0 Å². The summed E-state index contributed by atoms with van der Waals surface area (Å²) in [6.07, 6.45) is 9.91. The van der Waals surface area contributed by atoms with Gasteiger partial charge in [-0.3, -0.25) is 0 Å². The van der Waals surface area contributed by atoms with Gasteiger partial charge in [0.05, 0.1) is 11.7 Å². The van der Waals surface area contributed by atoms with Crippen LogP contribution >= 0.6 is 0 Å². The number of aromatic nitrogens is 3. The summed E-state index contributed by atoms with van der Waals surface area (Å²) in [7, 11) is 0. The van der Waals surface area contributed by atoms with Crippen LogP contribution in [0, 0.1) is 5.92 Å². The van der Waals surface area contributed by atoms with Crippen molar-refractivity contribution in [2.45, 2.75) is 51.7 Å². The number of carbonyl (C=O) groups is 1. The molecule has 3 atom stereocenters. The minimum Gasteiger partial charge on any atom is -0.472 e. The molecule has 1 fully saturated rings. The molecule has 0 spiro atoms. The lowest BCUT2D eigenvalue weighted by Crippen LogP contribution is -2.42. The fourth-order valence-electron chi connectivity index (χ4n) is 4.89. The van der Waals surface area contributed by atoms with E-state index in [1.807, 2.05) is 34.7 Å². The van der Waals surface area contributed by atoms with E-state index in [4.69, 9.17) is 9.72 Å². The quantitative estimate of drug-likeness (QED) is 0.633. The van der Waals surface area contributed by atoms with E-state index in [9.17, 15) is 4.79 Å². The summed E-state index contributed by atoms with van der Waals surface area (Å²) in [6.45, 7) is 5.45. The molecule has 7 nitrogen and oxygen atoms in total. The van der Waals surface area contributed by atoms with Gasteiger partial charge >= 0.3 is 6.03 Å². The number of benzene rings is 1. The first-order valence-corrected chi connectivity index (χ1v) is 11.3. The van der Waals surface area contributed by atoms with E-state index in [-0.39, 0.29) is 18.2 Å². The summed E-state index contributed by atoms with van der Waals surface area (Å²) in [5.41, 5.74) is 3.67. The number of imidazole rings is 1. The topological polar surface area (TPSA) is 71.8 Å². The Morgan fingerprint density at radius 1 is 1.26 bits per heavy atom. The van der Waals surface area contributed by atoms with E-state index in [2.05, 4.69) is 35.4 Å². The Labute approximate surface area is 182 Å². The second kappa shape index (κ2) is 8.21. The number of fused-ring (bicyclic) bond motifs is 9. The lowest BCUT2D eigenvalue weighted by molar-refractivity contribution is 0.181. The van der Waals surface area contributed by atoms with Crippen LogP contribution in [-0.4, -0.2) is 44.5 Å². The predicted molar refractivity (Wildman–Crippen MR) is 119 cm³/mol. The molecule has 1 aliphatic heterocycles. The van der Waals surface area contributed by atoms with Crippen LogP contribution in [0.2, 0.25) is 0 Å². The van der Waals surface area contributed by atoms with Gasteiger partial charge < -0.3 is 19.4 Å². The number of nitrogens with zero attached hydrogens (tertiary/aromatic N) is 4. The molecular weight excluding hydrogens is 390 g/mol. The summed E-state index contributed by atoms with van der Waals surface area (Å²) < 4.78 is 8.36. The third kappa shape index (κ3) is 3.84. The summed E-state index contributed by atoms with van der Waals surface area (Å²) in [5, 5.41) is 3.13. The van der Waals surface area contributed by atoms with Crippen LogP contribution in [0.4, 0.5) is 4.79 Å². The van der Waals surface area contributed by atoms with Crippen molar-refractivity contribution in [1.82, 2.24) is 24.6 Å². The lowest BCUT2D eigenvalue weighted by Gasteiger charge is -2.29. The Balaban J connectivity index is 1.60. The average Bonchev–Trinajstić information content (AvgIpc) is 3.43. The first kappa shape index (κ1) is 19.8. The molecule has 7 heteroatoms. The molecule has 3 heterocycles. The van der Waals surface area contributed by atoms with Gasteiger partial charge in [-0.1, -0.05) is 18.2 Å². The second-order valence-electron chi connectivity index (χ2n) is 8.62. The van der Waals surface area contributed by atoms with E-state index < -0.39 is 0 Å². The Kier molecular flexibility index (Phi) is 5.26. The monoisotopic (exact) mass is 419 g/mol. The van der Waals surface area contributed by atoms with Crippen molar-refractivity contribution >= 4 is 11.7 Å². The fraction of sp³-hybridized carbons (Fsp3) is 0.458. The molecule has 2 aromatic heterocycles. The van der Waals surface area contributed by atoms with Gasteiger partial charge in [-0.05, 0) is 57.1 Å². The van der Waals surface area contributed by atoms with Crippen molar-refractivity contribution < 1.29 is 9.53 Å². The maximum Gasteiger partial charge on any atom is 0.317 e. The number of hydrogen-bond donors (Lipinski definition) is 1. The molecular formula is C24H29N5O2. The van der Waals surface area contributed by atoms with Gasteiger partial charge in [0.1, 0.15) is 6.10 Å². The van der Waals surface area contributed by atoms with Gasteiger partial charge in [0.2, 0.25) is 5.65 Å². The van der Waals surface area contributed by atoms with E-state index in [1.54, 1.807) is 6.20 Å². The Morgan fingerprint density at radius 3 is 3.03 bits per heavy atom. The van der Waals surface area contributed by atoms with Crippen LogP contribution in [0.3, 0.4) is 0 Å². The predicted octanol–water partition coefficient (Wildman–Crippen LogP) is 4.44. The van der Waals surface area contributed by atoms with E-state index in [0.29, 0.717) is 24.9 Å². The molecule has 2 aliphatic rings. The Bertz CT molecular complexity index is 1090. The van der Waals surface area contributed by atoms with E-state index in [0.717, 1.165) is 48.2 Å². The standard InChI is InChI=1S/C24H29N5O2/c1-3-29-16(2)18-5-4-6-19(14-18)21-15-28-12-11-25-22(28)23(27-21)31-20-8-7-17(13-20)9-10-26-24(29)30/h4-6,11-12,14-17,20H,3,7-10,13H2,1-2H3,(H,26,30)/t16-,17-,20?/m1/s1. The number of amides is 2. The van der Waals surface area contributed by atoms with Gasteiger partial charge in [0, 0.05) is 37.2 Å². The molecule has 162 valence electrons.